The van der Waals surface area contributed by atoms with Crippen molar-refractivity contribution in [2.24, 2.45) is 0 Å². The van der Waals surface area contributed by atoms with E-state index in [4.69, 9.17) is 39.5 Å². The number of halogens is 3. The van der Waals surface area contributed by atoms with E-state index in [0.29, 0.717) is 21.5 Å². The van der Waals surface area contributed by atoms with Crippen molar-refractivity contribution in [3.8, 4) is 5.75 Å². The summed E-state index contributed by atoms with van der Waals surface area (Å²) in [6.07, 6.45) is 0. The van der Waals surface area contributed by atoms with E-state index >= 15 is 0 Å². The maximum absolute atomic E-state index is 12.5. The molecular weight excluding hydrogens is 483 g/mol. The number of amides is 1. The summed E-state index contributed by atoms with van der Waals surface area (Å²) in [4.78, 5) is 12.1. The molecule has 0 spiro atoms. The van der Waals surface area contributed by atoms with Crippen molar-refractivity contribution < 1.29 is 17.9 Å². The molecule has 0 aliphatic rings. The predicted octanol–water partition coefficient (Wildman–Crippen LogP) is 5.77. The lowest BCUT2D eigenvalue weighted by molar-refractivity contribution is -0.118. The van der Waals surface area contributed by atoms with Gasteiger partial charge in [-0.05, 0) is 67.1 Å². The number of carbonyl (C=O) groups is 1. The molecule has 0 saturated heterocycles. The number of rotatable bonds is 7. The fourth-order valence-electron chi connectivity index (χ4n) is 2.51. The lowest BCUT2D eigenvalue weighted by atomic mass is 10.2. The zero-order valence-electron chi connectivity index (χ0n) is 16.2. The van der Waals surface area contributed by atoms with Gasteiger partial charge in [-0.25, -0.2) is 8.42 Å². The Balaban J connectivity index is 1.59. The number of hydrogen-bond donors (Lipinski definition) is 2. The van der Waals surface area contributed by atoms with Crippen LogP contribution in [0, 0.1) is 6.92 Å². The summed E-state index contributed by atoms with van der Waals surface area (Å²) in [5, 5.41) is 3.78. The highest BCUT2D eigenvalue weighted by atomic mass is 35.5. The normalized spacial score (nSPS) is 11.1. The second-order valence-corrected chi connectivity index (χ2v) is 9.41. The van der Waals surface area contributed by atoms with Crippen molar-refractivity contribution in [2.45, 2.75) is 11.8 Å². The van der Waals surface area contributed by atoms with Gasteiger partial charge in [0.15, 0.2) is 6.61 Å². The molecule has 0 aromatic heterocycles. The maximum atomic E-state index is 12.5. The molecule has 31 heavy (non-hydrogen) atoms. The third kappa shape index (κ3) is 6.27. The summed E-state index contributed by atoms with van der Waals surface area (Å²) >= 11 is 17.8. The van der Waals surface area contributed by atoms with Crippen molar-refractivity contribution in [3.05, 3.63) is 81.3 Å². The zero-order chi connectivity index (χ0) is 22.6. The van der Waals surface area contributed by atoms with Crippen molar-refractivity contribution >= 4 is 62.1 Å². The summed E-state index contributed by atoms with van der Waals surface area (Å²) in [6.45, 7) is 1.61. The molecular formula is C21H17Cl3N2O4S. The van der Waals surface area contributed by atoms with Gasteiger partial charge in [-0.3, -0.25) is 9.52 Å². The molecule has 0 bridgehead atoms. The number of carbonyl (C=O) groups excluding carboxylic acids is 1. The molecule has 0 fully saturated rings. The Morgan fingerprint density at radius 1 is 0.871 bits per heavy atom. The fourth-order valence-corrected chi connectivity index (χ4v) is 4.03. The second-order valence-electron chi connectivity index (χ2n) is 6.51. The van der Waals surface area contributed by atoms with Crippen LogP contribution >= 0.6 is 34.8 Å². The van der Waals surface area contributed by atoms with E-state index in [2.05, 4.69) is 10.0 Å². The fraction of sp³-hybridized carbons (Fsp3) is 0.0952. The SMILES string of the molecule is Cc1ccc(NC(=O)COc2ccc(S(=O)(=O)Nc3ccc(Cl)c(Cl)c3)cc2)cc1Cl. The molecule has 0 atom stereocenters. The topological polar surface area (TPSA) is 84.5 Å². The molecule has 3 aromatic rings. The molecule has 0 aliphatic heterocycles. The van der Waals surface area contributed by atoms with Gasteiger partial charge in [0, 0.05) is 10.7 Å². The molecule has 1 amide bonds. The van der Waals surface area contributed by atoms with Gasteiger partial charge in [-0.2, -0.15) is 0 Å². The Bertz CT molecular complexity index is 1220. The van der Waals surface area contributed by atoms with E-state index in [1.165, 1.54) is 42.5 Å². The molecule has 0 saturated carbocycles. The first-order valence-corrected chi connectivity index (χ1v) is 11.5. The number of ether oxygens (including phenoxy) is 1. The molecule has 0 unspecified atom stereocenters. The average molecular weight is 500 g/mol. The molecule has 2 N–H and O–H groups in total. The minimum absolute atomic E-state index is 0.0182. The Labute approximate surface area is 195 Å². The van der Waals surface area contributed by atoms with Gasteiger partial charge < -0.3 is 10.1 Å². The number of hydrogen-bond acceptors (Lipinski definition) is 4. The third-order valence-corrected chi connectivity index (χ3v) is 6.67. The zero-order valence-corrected chi connectivity index (χ0v) is 19.2. The minimum atomic E-state index is -3.84. The smallest absolute Gasteiger partial charge is 0.262 e. The monoisotopic (exact) mass is 498 g/mol. The van der Waals surface area contributed by atoms with Crippen LogP contribution in [0.3, 0.4) is 0 Å². The molecule has 3 aromatic carbocycles. The third-order valence-electron chi connectivity index (χ3n) is 4.13. The van der Waals surface area contributed by atoms with Gasteiger partial charge in [0.2, 0.25) is 0 Å². The van der Waals surface area contributed by atoms with Crippen LogP contribution in [-0.2, 0) is 14.8 Å². The van der Waals surface area contributed by atoms with Crippen LogP contribution in [0.4, 0.5) is 11.4 Å². The highest BCUT2D eigenvalue weighted by Crippen LogP contribution is 2.27. The van der Waals surface area contributed by atoms with Gasteiger partial charge in [0.05, 0.1) is 20.6 Å². The van der Waals surface area contributed by atoms with Gasteiger partial charge >= 0.3 is 0 Å². The van der Waals surface area contributed by atoms with Crippen molar-refractivity contribution in [2.75, 3.05) is 16.6 Å². The van der Waals surface area contributed by atoms with Crippen molar-refractivity contribution in [3.63, 3.8) is 0 Å². The lowest BCUT2D eigenvalue weighted by Gasteiger charge is -2.11. The Morgan fingerprint density at radius 2 is 1.52 bits per heavy atom. The number of anilines is 2. The molecule has 6 nitrogen and oxygen atoms in total. The van der Waals surface area contributed by atoms with Gasteiger partial charge in [-0.1, -0.05) is 40.9 Å². The first kappa shape index (κ1) is 23.2. The van der Waals surface area contributed by atoms with Crippen LogP contribution in [0.15, 0.2) is 65.6 Å². The molecule has 3 rings (SSSR count). The van der Waals surface area contributed by atoms with E-state index in [0.717, 1.165) is 5.56 Å². The van der Waals surface area contributed by atoms with Crippen molar-refractivity contribution in [1.29, 1.82) is 0 Å². The van der Waals surface area contributed by atoms with Crippen LogP contribution in [0.5, 0.6) is 5.75 Å². The van der Waals surface area contributed by atoms with E-state index < -0.39 is 10.0 Å². The lowest BCUT2D eigenvalue weighted by Crippen LogP contribution is -2.20. The summed E-state index contributed by atoms with van der Waals surface area (Å²) in [5.41, 5.74) is 1.74. The average Bonchev–Trinajstić information content (AvgIpc) is 2.72. The maximum Gasteiger partial charge on any atom is 0.262 e. The Hall–Kier alpha value is -2.45. The van der Waals surface area contributed by atoms with E-state index in [9.17, 15) is 13.2 Å². The summed E-state index contributed by atoms with van der Waals surface area (Å²) in [6, 6.07) is 15.2. The van der Waals surface area contributed by atoms with Crippen LogP contribution in [-0.4, -0.2) is 20.9 Å². The summed E-state index contributed by atoms with van der Waals surface area (Å²) < 4.78 is 32.9. The Morgan fingerprint density at radius 3 is 2.16 bits per heavy atom. The summed E-state index contributed by atoms with van der Waals surface area (Å²) in [7, 11) is -3.84. The Kier molecular flexibility index (Phi) is 7.33. The van der Waals surface area contributed by atoms with E-state index in [-0.39, 0.29) is 28.1 Å². The van der Waals surface area contributed by atoms with Gasteiger partial charge in [0.25, 0.3) is 15.9 Å². The molecule has 10 heteroatoms. The highest BCUT2D eigenvalue weighted by Gasteiger charge is 2.15. The van der Waals surface area contributed by atoms with Crippen LogP contribution in [0.2, 0.25) is 15.1 Å². The number of aryl methyl sites for hydroxylation is 1. The van der Waals surface area contributed by atoms with Gasteiger partial charge in [-0.15, -0.1) is 0 Å². The first-order chi connectivity index (χ1) is 14.6. The van der Waals surface area contributed by atoms with E-state index in [1.807, 2.05) is 6.92 Å². The number of benzene rings is 3. The minimum Gasteiger partial charge on any atom is -0.484 e. The predicted molar refractivity (Wildman–Crippen MR) is 124 cm³/mol. The standard InChI is InChI=1S/C21H17Cl3N2O4S/c1-13-2-3-14(10-19(13)23)25-21(27)12-30-16-5-7-17(8-6-16)31(28,29)26-15-4-9-18(22)20(24)11-15/h2-11,26H,12H2,1H3,(H,25,27). The largest absolute Gasteiger partial charge is 0.484 e. The van der Waals surface area contributed by atoms with Crippen LogP contribution < -0.4 is 14.8 Å². The van der Waals surface area contributed by atoms with Crippen LogP contribution in [0.1, 0.15) is 5.56 Å². The van der Waals surface area contributed by atoms with Crippen molar-refractivity contribution in [1.82, 2.24) is 0 Å². The van der Waals surface area contributed by atoms with Gasteiger partial charge in [0.1, 0.15) is 5.75 Å². The van der Waals surface area contributed by atoms with E-state index in [1.54, 1.807) is 18.2 Å². The molecule has 0 radical (unpaired) electrons. The second kappa shape index (κ2) is 9.78. The molecule has 162 valence electrons. The summed E-state index contributed by atoms with van der Waals surface area (Å²) in [5.74, 6) is -0.0384. The number of nitrogens with one attached hydrogen (secondary N) is 2. The first-order valence-electron chi connectivity index (χ1n) is 8.91. The highest BCUT2D eigenvalue weighted by molar-refractivity contribution is 7.92. The quantitative estimate of drug-likeness (QED) is 0.432. The number of sulfonamides is 1. The van der Waals surface area contributed by atoms with Crippen LogP contribution in [0.25, 0.3) is 0 Å². The molecule has 0 aliphatic carbocycles. The molecule has 0 heterocycles.